The molecule has 0 aromatic carbocycles. The zero-order chi connectivity index (χ0) is 14.9. The van der Waals surface area contributed by atoms with Gasteiger partial charge in [0.15, 0.2) is 0 Å². The Morgan fingerprint density at radius 2 is 1.65 bits per heavy atom. The maximum absolute atomic E-state index is 11.8. The van der Waals surface area contributed by atoms with Gasteiger partial charge >= 0.3 is 40.0 Å². The van der Waals surface area contributed by atoms with E-state index >= 15 is 0 Å². The molecule has 8 nitrogen and oxygen atoms in total. The van der Waals surface area contributed by atoms with Crippen LogP contribution in [0.15, 0.2) is 9.59 Å². The number of aromatic nitrogens is 4. The number of aliphatic carboxylic acids is 1. The number of carboxylic acid groups (broad SMARTS) is 1. The minimum atomic E-state index is -1.08. The summed E-state index contributed by atoms with van der Waals surface area (Å²) in [5.41, 5.74) is 0.419. The normalized spacial score (nSPS) is 9.65. The molecule has 0 bridgehead atoms. The first kappa shape index (κ1) is 18.4. The molecule has 0 atom stereocenters. The number of imidazole rings is 1. The maximum Gasteiger partial charge on any atom is 1.00 e. The fourth-order valence-corrected chi connectivity index (χ4v) is 1.82. The van der Waals surface area contributed by atoms with Crippen LogP contribution in [-0.4, -0.2) is 19.7 Å². The molecule has 2 heterocycles. The number of aryl methyl sites for hydroxylation is 3. The molecule has 1 radical (unpaired) electrons. The summed E-state index contributed by atoms with van der Waals surface area (Å²) in [5, 5.41) is 8.89. The molecular formula is C11H15AgN4O4+. The Kier molecular flexibility index (Phi) is 6.14. The van der Waals surface area contributed by atoms with Crippen LogP contribution in [0.3, 0.4) is 0 Å². The summed E-state index contributed by atoms with van der Waals surface area (Å²) < 4.78 is 5.76. The molecule has 2 rings (SSSR count). The maximum atomic E-state index is 11.8. The summed E-state index contributed by atoms with van der Waals surface area (Å²) in [7, 11) is 6.59. The molecule has 0 saturated carbocycles. The van der Waals surface area contributed by atoms with Gasteiger partial charge in [0.05, 0.1) is 14.1 Å². The third-order valence-electron chi connectivity index (χ3n) is 2.56. The van der Waals surface area contributed by atoms with Crippen molar-refractivity contribution in [3.05, 3.63) is 27.2 Å². The molecule has 0 aliphatic heterocycles. The molecule has 0 amide bonds. The molecule has 0 spiro atoms. The number of carboxylic acids is 1. The fraction of sp³-hybridized carbons (Fsp3) is 0.455. The van der Waals surface area contributed by atoms with Gasteiger partial charge in [-0.15, -0.1) is 0 Å². The standard InChI is InChI=1S/C9H12N4O2.C2H4O2.Ag/c1-10-5-11(2)7-6(10)8(14)13(4)9(15)12(7)3;1-2(3)4;/h1-4H3;1H3,(H,3,4);/q+1;;+1/p-1. The average molecular weight is 375 g/mol. The van der Waals surface area contributed by atoms with E-state index in [4.69, 9.17) is 9.90 Å². The molecule has 0 N–H and O–H groups in total. The summed E-state index contributed by atoms with van der Waals surface area (Å²) in [6.45, 7) is 0.972. The largest absolute Gasteiger partial charge is 1.00 e. The van der Waals surface area contributed by atoms with Gasteiger partial charge in [0.2, 0.25) is 0 Å². The third-order valence-corrected chi connectivity index (χ3v) is 2.56. The van der Waals surface area contributed by atoms with Crippen LogP contribution in [0.2, 0.25) is 0 Å². The van der Waals surface area contributed by atoms with E-state index in [-0.39, 0.29) is 33.6 Å². The van der Waals surface area contributed by atoms with Crippen molar-refractivity contribution in [3.8, 4) is 0 Å². The van der Waals surface area contributed by atoms with Gasteiger partial charge in [-0.1, -0.05) is 0 Å². The molecule has 20 heavy (non-hydrogen) atoms. The van der Waals surface area contributed by atoms with Gasteiger partial charge in [-0.2, -0.15) is 0 Å². The molecule has 0 fully saturated rings. The summed E-state index contributed by atoms with van der Waals surface area (Å²) in [5.74, 6) is -1.08. The second-order valence-electron chi connectivity index (χ2n) is 4.09. The molecule has 113 valence electrons. The number of nitrogens with zero attached hydrogens (tertiary/aromatic N) is 4. The molecule has 0 aliphatic carbocycles. The average Bonchev–Trinajstić information content (AvgIpc) is 2.58. The summed E-state index contributed by atoms with van der Waals surface area (Å²) >= 11 is 0. The van der Waals surface area contributed by atoms with E-state index in [2.05, 4.69) is 6.33 Å². The quantitative estimate of drug-likeness (QED) is 0.362. The first-order chi connectivity index (χ1) is 8.68. The second-order valence-corrected chi connectivity index (χ2v) is 4.09. The Labute approximate surface area is 130 Å². The van der Waals surface area contributed by atoms with Crippen molar-refractivity contribution in [2.24, 2.45) is 28.2 Å². The first-order valence-corrected chi connectivity index (χ1v) is 5.39. The Balaban J connectivity index is 0.000000644. The predicted molar refractivity (Wildman–Crippen MR) is 64.1 cm³/mol. The van der Waals surface area contributed by atoms with Crippen LogP contribution < -0.4 is 20.9 Å². The molecule has 2 aromatic rings. The number of hydrogen-bond donors (Lipinski definition) is 0. The van der Waals surface area contributed by atoms with Gasteiger partial charge < -0.3 is 9.90 Å². The smallest absolute Gasteiger partial charge is 0.550 e. The zero-order valence-electron chi connectivity index (χ0n) is 11.7. The van der Waals surface area contributed by atoms with E-state index in [0.29, 0.717) is 11.2 Å². The van der Waals surface area contributed by atoms with Crippen molar-refractivity contribution < 1.29 is 36.8 Å². The van der Waals surface area contributed by atoms with E-state index in [1.54, 1.807) is 30.3 Å². The van der Waals surface area contributed by atoms with Crippen molar-refractivity contribution in [1.29, 1.82) is 0 Å². The number of carbonyl (C=O) groups excluding carboxylic acids is 1. The SMILES string of the molecule is CC(=O)[O-].Cn1c(=O)c2c(n(C)[c][n+]2C)n(C)c1=O.[Ag+]. The van der Waals surface area contributed by atoms with Crippen LogP contribution in [-0.2, 0) is 55.4 Å². The van der Waals surface area contributed by atoms with Crippen LogP contribution in [0.1, 0.15) is 6.92 Å². The number of fused-ring (bicyclic) bond motifs is 1. The van der Waals surface area contributed by atoms with E-state index in [0.717, 1.165) is 11.5 Å². The van der Waals surface area contributed by atoms with Crippen LogP contribution in [0.25, 0.3) is 11.2 Å². The number of rotatable bonds is 0. The fourth-order valence-electron chi connectivity index (χ4n) is 1.82. The molecular weight excluding hydrogens is 360 g/mol. The van der Waals surface area contributed by atoms with Gasteiger partial charge in [-0.25, -0.2) is 13.9 Å². The van der Waals surface area contributed by atoms with Crippen LogP contribution >= 0.6 is 0 Å². The topological polar surface area (TPSA) is 92.9 Å². The first-order valence-electron chi connectivity index (χ1n) is 5.39. The van der Waals surface area contributed by atoms with Gasteiger partial charge in [-0.05, 0) is 6.92 Å². The van der Waals surface area contributed by atoms with E-state index in [9.17, 15) is 9.59 Å². The van der Waals surface area contributed by atoms with Crippen molar-refractivity contribution in [2.75, 3.05) is 0 Å². The Morgan fingerprint density at radius 1 is 1.20 bits per heavy atom. The summed E-state index contributed by atoms with van der Waals surface area (Å²) in [6.07, 6.45) is 2.91. The minimum absolute atomic E-state index is 0. The third kappa shape index (κ3) is 3.27. The van der Waals surface area contributed by atoms with Gasteiger partial charge in [-0.3, -0.25) is 13.9 Å². The predicted octanol–water partition coefficient (Wildman–Crippen LogP) is -3.05. The monoisotopic (exact) mass is 374 g/mol. The van der Waals surface area contributed by atoms with Crippen molar-refractivity contribution in [2.45, 2.75) is 6.92 Å². The Bertz CT molecular complexity index is 752. The van der Waals surface area contributed by atoms with Crippen molar-refractivity contribution in [1.82, 2.24) is 13.7 Å². The van der Waals surface area contributed by atoms with Crippen LogP contribution in [0.5, 0.6) is 0 Å². The van der Waals surface area contributed by atoms with Gasteiger partial charge in [0.25, 0.3) is 11.2 Å². The van der Waals surface area contributed by atoms with Crippen molar-refractivity contribution >= 4 is 17.1 Å². The van der Waals surface area contributed by atoms with Crippen LogP contribution in [0, 0.1) is 6.33 Å². The minimum Gasteiger partial charge on any atom is -0.550 e. The van der Waals surface area contributed by atoms with E-state index < -0.39 is 5.97 Å². The van der Waals surface area contributed by atoms with E-state index in [1.807, 2.05) is 0 Å². The molecule has 0 saturated heterocycles. The van der Waals surface area contributed by atoms with Crippen LogP contribution in [0.4, 0.5) is 0 Å². The summed E-state index contributed by atoms with van der Waals surface area (Å²) in [4.78, 5) is 32.4. The Morgan fingerprint density at radius 3 is 2.10 bits per heavy atom. The number of hydrogen-bond acceptors (Lipinski definition) is 4. The zero-order valence-corrected chi connectivity index (χ0v) is 13.2. The van der Waals surface area contributed by atoms with Crippen molar-refractivity contribution in [3.63, 3.8) is 0 Å². The summed E-state index contributed by atoms with van der Waals surface area (Å²) in [6, 6.07) is 0. The second kappa shape index (κ2) is 6.69. The van der Waals surface area contributed by atoms with Gasteiger partial charge in [0, 0.05) is 20.1 Å². The van der Waals surface area contributed by atoms with Gasteiger partial charge in [0.1, 0.15) is 0 Å². The van der Waals surface area contributed by atoms with E-state index in [1.165, 1.54) is 11.6 Å². The number of carbonyl (C=O) groups is 1. The molecule has 0 unspecified atom stereocenters. The molecule has 9 heteroatoms. The molecule has 0 aliphatic rings. The Hall–Kier alpha value is -1.64. The molecule has 2 aromatic heterocycles.